The monoisotopic (exact) mass is 400 g/mol. The Hall–Kier alpha value is -1.89. The van der Waals surface area contributed by atoms with E-state index in [0.29, 0.717) is 11.6 Å². The van der Waals surface area contributed by atoms with Crippen LogP contribution in [0.3, 0.4) is 0 Å². The van der Waals surface area contributed by atoms with Crippen LogP contribution < -0.4 is 0 Å². The first-order valence-electron chi connectivity index (χ1n) is 9.06. The number of likely N-dealkylation sites (N-methyl/N-ethyl adjacent to an activating group) is 1. The molecule has 1 aromatic rings. The predicted molar refractivity (Wildman–Crippen MR) is 97.3 cm³/mol. The summed E-state index contributed by atoms with van der Waals surface area (Å²) in [5.74, 6) is -3.42. The molecule has 0 spiro atoms. The minimum absolute atomic E-state index is 0.147. The van der Waals surface area contributed by atoms with Gasteiger partial charge in [0.2, 0.25) is 11.8 Å². The van der Waals surface area contributed by atoms with Gasteiger partial charge in [-0.25, -0.2) is 13.6 Å². The van der Waals surface area contributed by atoms with Crippen LogP contribution in [0, 0.1) is 5.92 Å². The van der Waals surface area contributed by atoms with Gasteiger partial charge in [-0.15, -0.1) is 0 Å². The van der Waals surface area contributed by atoms with Crippen LogP contribution in [0.5, 0.6) is 0 Å². The SMILES string of the molecule is CN(C(=O)O)[C@@H]1CN(C(=O)C2CCC(F)(F)CC2)C[C@H]1c1ccc(Cl)cc1. The lowest BCUT2D eigenvalue weighted by Gasteiger charge is -2.30. The van der Waals surface area contributed by atoms with Gasteiger partial charge >= 0.3 is 6.09 Å². The number of benzene rings is 1. The summed E-state index contributed by atoms with van der Waals surface area (Å²) in [7, 11) is 1.49. The summed E-state index contributed by atoms with van der Waals surface area (Å²) in [6.45, 7) is 0.636. The van der Waals surface area contributed by atoms with Crippen molar-refractivity contribution in [2.45, 2.75) is 43.6 Å². The maximum Gasteiger partial charge on any atom is 0.407 e. The molecule has 0 unspecified atom stereocenters. The van der Waals surface area contributed by atoms with E-state index in [-0.39, 0.29) is 44.1 Å². The summed E-state index contributed by atoms with van der Waals surface area (Å²) in [6.07, 6.45) is -1.25. The predicted octanol–water partition coefficient (Wildman–Crippen LogP) is 4.07. The summed E-state index contributed by atoms with van der Waals surface area (Å²) in [4.78, 5) is 27.2. The number of halogens is 3. The van der Waals surface area contributed by atoms with Gasteiger partial charge in [-0.2, -0.15) is 0 Å². The van der Waals surface area contributed by atoms with Gasteiger partial charge < -0.3 is 14.9 Å². The van der Waals surface area contributed by atoms with Crippen molar-refractivity contribution in [2.24, 2.45) is 5.92 Å². The smallest absolute Gasteiger partial charge is 0.407 e. The van der Waals surface area contributed by atoms with Gasteiger partial charge in [0.15, 0.2) is 0 Å². The van der Waals surface area contributed by atoms with Crippen LogP contribution in [0.15, 0.2) is 24.3 Å². The minimum Gasteiger partial charge on any atom is -0.465 e. The molecule has 1 heterocycles. The Labute approximate surface area is 161 Å². The van der Waals surface area contributed by atoms with Crippen molar-refractivity contribution in [1.82, 2.24) is 9.80 Å². The highest BCUT2D eigenvalue weighted by Crippen LogP contribution is 2.39. The maximum absolute atomic E-state index is 13.4. The molecular weight excluding hydrogens is 378 g/mol. The quantitative estimate of drug-likeness (QED) is 0.832. The third-order valence-corrected chi connectivity index (χ3v) is 6.02. The number of carbonyl (C=O) groups is 2. The number of hydrogen-bond acceptors (Lipinski definition) is 2. The van der Waals surface area contributed by atoms with Crippen LogP contribution in [-0.2, 0) is 4.79 Å². The van der Waals surface area contributed by atoms with Crippen LogP contribution >= 0.6 is 11.6 Å². The van der Waals surface area contributed by atoms with Crippen LogP contribution in [0.1, 0.15) is 37.2 Å². The molecular formula is C19H23ClF2N2O3. The van der Waals surface area contributed by atoms with Gasteiger partial charge in [0.25, 0.3) is 0 Å². The van der Waals surface area contributed by atoms with Crippen molar-refractivity contribution in [1.29, 1.82) is 0 Å². The summed E-state index contributed by atoms with van der Waals surface area (Å²) in [5.41, 5.74) is 0.906. The molecule has 2 amide bonds. The van der Waals surface area contributed by atoms with Gasteiger partial charge in [0.1, 0.15) is 0 Å². The number of alkyl halides is 2. The van der Waals surface area contributed by atoms with Crippen LogP contribution in [0.2, 0.25) is 5.02 Å². The van der Waals surface area contributed by atoms with E-state index >= 15 is 0 Å². The number of carbonyl (C=O) groups excluding carboxylic acids is 1. The number of likely N-dealkylation sites (tertiary alicyclic amines) is 1. The molecule has 0 bridgehead atoms. The Kier molecular flexibility index (Phi) is 5.60. The Morgan fingerprint density at radius 1 is 1.19 bits per heavy atom. The molecule has 0 radical (unpaired) electrons. The first-order valence-corrected chi connectivity index (χ1v) is 9.43. The second-order valence-corrected chi connectivity index (χ2v) is 7.93. The third-order valence-electron chi connectivity index (χ3n) is 5.76. The number of nitrogens with zero attached hydrogens (tertiary/aromatic N) is 2. The number of amides is 2. The topological polar surface area (TPSA) is 60.9 Å². The highest BCUT2D eigenvalue weighted by atomic mass is 35.5. The molecule has 148 valence electrons. The highest BCUT2D eigenvalue weighted by Gasteiger charge is 2.44. The molecule has 27 heavy (non-hydrogen) atoms. The van der Waals surface area contributed by atoms with E-state index in [1.807, 2.05) is 12.1 Å². The Morgan fingerprint density at radius 2 is 1.78 bits per heavy atom. The zero-order valence-corrected chi connectivity index (χ0v) is 15.8. The molecule has 8 heteroatoms. The molecule has 1 aliphatic heterocycles. The van der Waals surface area contributed by atoms with E-state index in [9.17, 15) is 23.5 Å². The van der Waals surface area contributed by atoms with E-state index < -0.39 is 24.0 Å². The molecule has 1 N–H and O–H groups in total. The molecule has 1 saturated carbocycles. The highest BCUT2D eigenvalue weighted by molar-refractivity contribution is 6.30. The molecule has 0 aromatic heterocycles. The van der Waals surface area contributed by atoms with Gasteiger partial charge in [-0.3, -0.25) is 4.79 Å². The van der Waals surface area contributed by atoms with Crippen LogP contribution in [-0.4, -0.2) is 59.0 Å². The van der Waals surface area contributed by atoms with E-state index in [2.05, 4.69) is 0 Å². The van der Waals surface area contributed by atoms with Crippen molar-refractivity contribution >= 4 is 23.6 Å². The van der Waals surface area contributed by atoms with Crippen molar-refractivity contribution in [3.63, 3.8) is 0 Å². The van der Waals surface area contributed by atoms with Crippen LogP contribution in [0.25, 0.3) is 0 Å². The lowest BCUT2D eigenvalue weighted by Crippen LogP contribution is -2.42. The average molecular weight is 401 g/mol. The Morgan fingerprint density at radius 3 is 2.33 bits per heavy atom. The lowest BCUT2D eigenvalue weighted by atomic mass is 9.86. The third kappa shape index (κ3) is 4.34. The normalized spacial score (nSPS) is 25.4. The molecule has 2 atom stereocenters. The van der Waals surface area contributed by atoms with E-state index in [1.165, 1.54) is 11.9 Å². The van der Waals surface area contributed by atoms with Crippen molar-refractivity contribution in [3.8, 4) is 0 Å². The van der Waals surface area contributed by atoms with Crippen molar-refractivity contribution < 1.29 is 23.5 Å². The van der Waals surface area contributed by atoms with E-state index in [1.54, 1.807) is 17.0 Å². The average Bonchev–Trinajstić information content (AvgIpc) is 3.06. The standard InChI is InChI=1S/C19H23ClF2N2O3/c1-23(18(26)27)16-11-24(10-15(16)12-2-4-14(20)5-3-12)17(25)13-6-8-19(21,22)9-7-13/h2-5,13,15-16H,6-11H2,1H3,(H,26,27)/t15-,16+/m0/s1. The fourth-order valence-corrected chi connectivity index (χ4v) is 4.21. The largest absolute Gasteiger partial charge is 0.465 e. The second-order valence-electron chi connectivity index (χ2n) is 7.49. The lowest BCUT2D eigenvalue weighted by molar-refractivity contribution is -0.138. The number of rotatable bonds is 3. The zero-order valence-electron chi connectivity index (χ0n) is 15.1. The fraction of sp³-hybridized carbons (Fsp3) is 0.579. The Bertz CT molecular complexity index is 703. The van der Waals surface area contributed by atoms with E-state index in [0.717, 1.165) is 5.56 Å². The molecule has 5 nitrogen and oxygen atoms in total. The van der Waals surface area contributed by atoms with Gasteiger partial charge in [0.05, 0.1) is 6.04 Å². The van der Waals surface area contributed by atoms with Crippen LogP contribution in [0.4, 0.5) is 13.6 Å². The second kappa shape index (κ2) is 7.62. The van der Waals surface area contributed by atoms with Gasteiger partial charge in [-0.05, 0) is 30.5 Å². The minimum atomic E-state index is -2.68. The first-order chi connectivity index (χ1) is 12.7. The van der Waals surface area contributed by atoms with Crippen molar-refractivity contribution in [3.05, 3.63) is 34.9 Å². The number of carboxylic acid groups (broad SMARTS) is 1. The molecule has 2 aliphatic rings. The maximum atomic E-state index is 13.4. The molecule has 1 aromatic carbocycles. The number of hydrogen-bond donors (Lipinski definition) is 1. The fourth-order valence-electron chi connectivity index (χ4n) is 4.08. The molecule has 2 fully saturated rings. The van der Waals surface area contributed by atoms with Crippen molar-refractivity contribution in [2.75, 3.05) is 20.1 Å². The summed E-state index contributed by atoms with van der Waals surface area (Å²) in [6, 6.07) is 6.76. The molecule has 1 saturated heterocycles. The summed E-state index contributed by atoms with van der Waals surface area (Å²) >= 11 is 5.94. The molecule has 1 aliphatic carbocycles. The summed E-state index contributed by atoms with van der Waals surface area (Å²) < 4.78 is 26.8. The van der Waals surface area contributed by atoms with Gasteiger partial charge in [0, 0.05) is 49.8 Å². The summed E-state index contributed by atoms with van der Waals surface area (Å²) in [5, 5.41) is 9.98. The molecule has 3 rings (SSSR count). The zero-order chi connectivity index (χ0) is 19.8. The Balaban J connectivity index is 1.77. The first kappa shape index (κ1) is 19.9. The van der Waals surface area contributed by atoms with E-state index in [4.69, 9.17) is 11.6 Å². The van der Waals surface area contributed by atoms with Gasteiger partial charge in [-0.1, -0.05) is 23.7 Å².